The van der Waals surface area contributed by atoms with Gasteiger partial charge in [0.2, 0.25) is 0 Å². The highest BCUT2D eigenvalue weighted by atomic mass is 35.5. The Morgan fingerprint density at radius 1 is 1.42 bits per heavy atom. The van der Waals surface area contributed by atoms with Gasteiger partial charge in [-0.3, -0.25) is 4.79 Å². The number of likely N-dealkylation sites (tertiary alicyclic amines) is 1. The highest BCUT2D eigenvalue weighted by molar-refractivity contribution is 6.29. The molecule has 1 aliphatic heterocycles. The summed E-state index contributed by atoms with van der Waals surface area (Å²) in [7, 11) is 0. The van der Waals surface area contributed by atoms with Crippen LogP contribution in [0.5, 0.6) is 0 Å². The van der Waals surface area contributed by atoms with E-state index in [0.717, 1.165) is 12.8 Å². The Morgan fingerprint density at radius 3 is 2.74 bits per heavy atom. The van der Waals surface area contributed by atoms with E-state index in [1.54, 1.807) is 17.0 Å². The summed E-state index contributed by atoms with van der Waals surface area (Å²) in [6.07, 6.45) is 1.66. The Balaban J connectivity index is 1.87. The van der Waals surface area contributed by atoms with Crippen molar-refractivity contribution in [1.82, 2.24) is 15.1 Å². The number of aliphatic hydroxyl groups excluding tert-OH is 1. The van der Waals surface area contributed by atoms with Crippen LogP contribution >= 0.6 is 11.6 Å². The van der Waals surface area contributed by atoms with Gasteiger partial charge in [-0.2, -0.15) is 0 Å². The quantitative estimate of drug-likeness (QED) is 0.883. The van der Waals surface area contributed by atoms with E-state index in [1.807, 2.05) is 0 Å². The van der Waals surface area contributed by atoms with Crippen molar-refractivity contribution in [2.24, 2.45) is 0 Å². The Kier molecular flexibility index (Phi) is 5.07. The first-order valence-electron chi connectivity index (χ1n) is 6.21. The molecule has 1 fully saturated rings. The van der Waals surface area contributed by atoms with Crippen LogP contribution in [-0.4, -0.2) is 58.5 Å². The summed E-state index contributed by atoms with van der Waals surface area (Å²) in [6.45, 7) is 1.62. The van der Waals surface area contributed by atoms with Gasteiger partial charge in [-0.05, 0) is 25.0 Å². The fourth-order valence-corrected chi connectivity index (χ4v) is 2.14. The van der Waals surface area contributed by atoms with E-state index in [0.29, 0.717) is 25.4 Å². The smallest absolute Gasteiger partial charge is 0.274 e. The van der Waals surface area contributed by atoms with Crippen LogP contribution in [-0.2, 0) is 4.74 Å². The highest BCUT2D eigenvalue weighted by Gasteiger charge is 2.24. The van der Waals surface area contributed by atoms with Gasteiger partial charge in [0.25, 0.3) is 5.91 Å². The third-order valence-corrected chi connectivity index (χ3v) is 3.23. The molecule has 1 aromatic heterocycles. The van der Waals surface area contributed by atoms with Crippen molar-refractivity contribution in [2.45, 2.75) is 18.9 Å². The largest absolute Gasteiger partial charge is 0.394 e. The lowest BCUT2D eigenvalue weighted by Gasteiger charge is -2.31. The number of aromatic nitrogens is 2. The van der Waals surface area contributed by atoms with Crippen LogP contribution in [0, 0.1) is 0 Å². The van der Waals surface area contributed by atoms with Crippen LogP contribution < -0.4 is 0 Å². The molecule has 2 heterocycles. The number of amides is 1. The molecule has 1 saturated heterocycles. The predicted octanol–water partition coefficient (Wildman–Crippen LogP) is 0.743. The molecule has 2 rings (SSSR count). The number of halogens is 1. The van der Waals surface area contributed by atoms with Gasteiger partial charge in [-0.15, -0.1) is 10.2 Å². The molecule has 0 bridgehead atoms. The molecule has 104 valence electrons. The molecule has 1 N–H and O–H groups in total. The second-order valence-corrected chi connectivity index (χ2v) is 4.71. The standard InChI is InChI=1S/C12H16ClN3O3/c13-11-2-1-10(14-15-11)12(18)16-5-3-9(4-6-16)19-8-7-17/h1-2,9,17H,3-8H2. The van der Waals surface area contributed by atoms with Gasteiger partial charge < -0.3 is 14.7 Å². The lowest BCUT2D eigenvalue weighted by molar-refractivity contribution is -0.00566. The summed E-state index contributed by atoms with van der Waals surface area (Å²) < 4.78 is 5.45. The van der Waals surface area contributed by atoms with Gasteiger partial charge in [0, 0.05) is 13.1 Å². The minimum absolute atomic E-state index is 0.0273. The van der Waals surface area contributed by atoms with E-state index in [4.69, 9.17) is 21.4 Å². The van der Waals surface area contributed by atoms with Crippen LogP contribution in [0.4, 0.5) is 0 Å². The Hall–Kier alpha value is -1.24. The molecule has 0 atom stereocenters. The fourth-order valence-electron chi connectivity index (χ4n) is 2.04. The maximum atomic E-state index is 12.1. The zero-order chi connectivity index (χ0) is 13.7. The number of rotatable bonds is 4. The van der Waals surface area contributed by atoms with Gasteiger partial charge in [-0.1, -0.05) is 11.6 Å². The zero-order valence-electron chi connectivity index (χ0n) is 10.5. The highest BCUT2D eigenvalue weighted by Crippen LogP contribution is 2.15. The first kappa shape index (κ1) is 14.2. The number of carbonyl (C=O) groups is 1. The Morgan fingerprint density at radius 2 is 2.16 bits per heavy atom. The number of hydrogen-bond acceptors (Lipinski definition) is 5. The SMILES string of the molecule is O=C(c1ccc(Cl)nn1)N1CCC(OCCO)CC1. The third kappa shape index (κ3) is 3.86. The topological polar surface area (TPSA) is 75.6 Å². The average Bonchev–Trinajstić information content (AvgIpc) is 2.46. The summed E-state index contributed by atoms with van der Waals surface area (Å²) in [6, 6.07) is 3.13. The molecular formula is C12H16ClN3O3. The van der Waals surface area contributed by atoms with Gasteiger partial charge >= 0.3 is 0 Å². The molecule has 7 heteroatoms. The van der Waals surface area contributed by atoms with Crippen molar-refractivity contribution in [3.63, 3.8) is 0 Å². The lowest BCUT2D eigenvalue weighted by Crippen LogP contribution is -2.41. The minimum Gasteiger partial charge on any atom is -0.394 e. The summed E-state index contributed by atoms with van der Waals surface area (Å²) in [5.74, 6) is -0.134. The molecule has 0 radical (unpaired) electrons. The molecule has 1 amide bonds. The molecule has 0 aromatic carbocycles. The normalized spacial score (nSPS) is 16.6. The van der Waals surface area contributed by atoms with Crippen molar-refractivity contribution in [2.75, 3.05) is 26.3 Å². The van der Waals surface area contributed by atoms with Crippen molar-refractivity contribution in [3.8, 4) is 0 Å². The summed E-state index contributed by atoms with van der Waals surface area (Å²) >= 11 is 5.63. The molecule has 19 heavy (non-hydrogen) atoms. The molecule has 0 spiro atoms. The molecule has 6 nitrogen and oxygen atoms in total. The number of nitrogens with zero attached hydrogens (tertiary/aromatic N) is 3. The summed E-state index contributed by atoms with van der Waals surface area (Å²) in [5.41, 5.74) is 0.305. The summed E-state index contributed by atoms with van der Waals surface area (Å²) in [4.78, 5) is 13.9. The van der Waals surface area contributed by atoms with E-state index in [-0.39, 0.29) is 23.8 Å². The Bertz CT molecular complexity index is 419. The van der Waals surface area contributed by atoms with E-state index in [1.165, 1.54) is 0 Å². The van der Waals surface area contributed by atoms with Crippen LogP contribution in [0.3, 0.4) is 0 Å². The maximum Gasteiger partial charge on any atom is 0.274 e. The predicted molar refractivity (Wildman–Crippen MR) is 69.0 cm³/mol. The van der Waals surface area contributed by atoms with E-state index >= 15 is 0 Å². The third-order valence-electron chi connectivity index (χ3n) is 3.03. The lowest BCUT2D eigenvalue weighted by atomic mass is 10.1. The van der Waals surface area contributed by atoms with E-state index in [2.05, 4.69) is 10.2 Å². The van der Waals surface area contributed by atoms with Crippen molar-refractivity contribution < 1.29 is 14.6 Å². The van der Waals surface area contributed by atoms with Crippen LogP contribution in [0.2, 0.25) is 5.15 Å². The second-order valence-electron chi connectivity index (χ2n) is 4.33. The van der Waals surface area contributed by atoms with Crippen LogP contribution in [0.15, 0.2) is 12.1 Å². The molecule has 0 unspecified atom stereocenters. The Labute approximate surface area is 116 Å². The molecule has 0 saturated carbocycles. The minimum atomic E-state index is -0.134. The van der Waals surface area contributed by atoms with Crippen molar-refractivity contribution >= 4 is 17.5 Å². The second kappa shape index (κ2) is 6.79. The van der Waals surface area contributed by atoms with Crippen LogP contribution in [0.1, 0.15) is 23.3 Å². The number of hydrogen-bond donors (Lipinski definition) is 1. The van der Waals surface area contributed by atoms with Gasteiger partial charge in [0.1, 0.15) is 0 Å². The number of aliphatic hydroxyl groups is 1. The average molecular weight is 286 g/mol. The number of carbonyl (C=O) groups excluding carboxylic acids is 1. The van der Waals surface area contributed by atoms with Gasteiger partial charge in [0.15, 0.2) is 10.8 Å². The van der Waals surface area contributed by atoms with Gasteiger partial charge in [-0.25, -0.2) is 0 Å². The first-order valence-corrected chi connectivity index (χ1v) is 6.59. The molecule has 1 aliphatic rings. The maximum absolute atomic E-state index is 12.1. The number of piperidine rings is 1. The molecule has 0 aliphatic carbocycles. The molecule has 1 aromatic rings. The van der Waals surface area contributed by atoms with Crippen molar-refractivity contribution in [3.05, 3.63) is 23.0 Å². The monoisotopic (exact) mass is 285 g/mol. The fraction of sp³-hybridized carbons (Fsp3) is 0.583. The van der Waals surface area contributed by atoms with Crippen LogP contribution in [0.25, 0.3) is 0 Å². The van der Waals surface area contributed by atoms with Gasteiger partial charge in [0.05, 0.1) is 19.3 Å². The first-order chi connectivity index (χ1) is 9.20. The molecular weight excluding hydrogens is 270 g/mol. The summed E-state index contributed by atoms with van der Waals surface area (Å²) in [5, 5.41) is 16.4. The van der Waals surface area contributed by atoms with Crippen molar-refractivity contribution in [1.29, 1.82) is 0 Å². The number of ether oxygens (including phenoxy) is 1. The van der Waals surface area contributed by atoms with E-state index < -0.39 is 0 Å². The van der Waals surface area contributed by atoms with E-state index in [9.17, 15) is 4.79 Å². The zero-order valence-corrected chi connectivity index (χ0v) is 11.2.